The second-order valence-electron chi connectivity index (χ2n) is 5.45. The Morgan fingerprint density at radius 1 is 1.12 bits per heavy atom. The number of hydrazine groups is 1. The molecule has 1 aliphatic heterocycles. The van der Waals surface area contributed by atoms with Crippen LogP contribution in [0.4, 0.5) is 4.79 Å². The predicted octanol–water partition coefficient (Wildman–Crippen LogP) is 2.18. The molecule has 2 heterocycles. The molecule has 24 heavy (non-hydrogen) atoms. The van der Waals surface area contributed by atoms with E-state index in [4.69, 9.17) is 0 Å². The molecule has 0 radical (unpaired) electrons. The first kappa shape index (κ1) is 16.2. The van der Waals surface area contributed by atoms with Crippen molar-refractivity contribution in [2.45, 2.75) is 19.4 Å². The molecule has 1 saturated heterocycles. The van der Waals surface area contributed by atoms with E-state index in [1.807, 2.05) is 47.8 Å². The maximum atomic E-state index is 12.3. The molecule has 1 aromatic carbocycles. The molecule has 4 amide bonds. The lowest BCUT2D eigenvalue weighted by Crippen LogP contribution is -2.44. The van der Waals surface area contributed by atoms with Crippen LogP contribution in [-0.2, 0) is 22.6 Å². The Morgan fingerprint density at radius 3 is 2.62 bits per heavy atom. The van der Waals surface area contributed by atoms with E-state index < -0.39 is 6.03 Å². The van der Waals surface area contributed by atoms with E-state index in [-0.39, 0.29) is 31.3 Å². The molecule has 1 N–H and O–H groups in total. The van der Waals surface area contributed by atoms with Crippen LogP contribution in [0, 0.1) is 0 Å². The van der Waals surface area contributed by atoms with Gasteiger partial charge >= 0.3 is 6.03 Å². The van der Waals surface area contributed by atoms with Gasteiger partial charge in [0, 0.05) is 11.3 Å². The molecule has 0 spiro atoms. The second-order valence-corrected chi connectivity index (χ2v) is 6.48. The normalized spacial score (nSPS) is 14.3. The topological polar surface area (TPSA) is 69.7 Å². The number of nitrogens with one attached hydrogen (secondary N) is 1. The van der Waals surface area contributed by atoms with Gasteiger partial charge in [0.05, 0.1) is 6.54 Å². The number of thiophene rings is 1. The molecule has 0 atom stereocenters. The molecule has 7 heteroatoms. The van der Waals surface area contributed by atoms with Crippen LogP contribution in [0.2, 0.25) is 0 Å². The summed E-state index contributed by atoms with van der Waals surface area (Å²) < 4.78 is 0. The number of carbonyl (C=O) groups excluding carboxylic acids is 3. The molecule has 6 nitrogen and oxygen atoms in total. The first-order valence-electron chi connectivity index (χ1n) is 7.61. The van der Waals surface area contributed by atoms with Gasteiger partial charge in [-0.1, -0.05) is 36.4 Å². The summed E-state index contributed by atoms with van der Waals surface area (Å²) >= 11 is 1.59. The van der Waals surface area contributed by atoms with Crippen LogP contribution in [-0.4, -0.2) is 34.3 Å². The van der Waals surface area contributed by atoms with E-state index >= 15 is 0 Å². The largest absolute Gasteiger partial charge is 0.346 e. The van der Waals surface area contributed by atoms with Crippen LogP contribution in [0.5, 0.6) is 0 Å². The summed E-state index contributed by atoms with van der Waals surface area (Å²) in [6.07, 6.45) is 0.893. The molecule has 1 aliphatic rings. The summed E-state index contributed by atoms with van der Waals surface area (Å²) in [5.74, 6) is -0.589. The molecular formula is C17H17N3O3S. The molecule has 2 aromatic rings. The average molecular weight is 343 g/mol. The van der Waals surface area contributed by atoms with E-state index in [9.17, 15) is 14.4 Å². The fourth-order valence-electron chi connectivity index (χ4n) is 2.45. The Bertz CT molecular complexity index is 731. The highest BCUT2D eigenvalue weighted by Gasteiger charge is 2.36. The summed E-state index contributed by atoms with van der Waals surface area (Å²) in [5.41, 5.74) is 3.39. The number of benzene rings is 1. The summed E-state index contributed by atoms with van der Waals surface area (Å²) in [5, 5.41) is 3.04. The van der Waals surface area contributed by atoms with E-state index in [0.29, 0.717) is 6.42 Å². The lowest BCUT2D eigenvalue weighted by atomic mass is 10.2. The van der Waals surface area contributed by atoms with Gasteiger partial charge in [-0.05, 0) is 23.4 Å². The Morgan fingerprint density at radius 2 is 1.92 bits per heavy atom. The van der Waals surface area contributed by atoms with E-state index in [0.717, 1.165) is 20.3 Å². The zero-order chi connectivity index (χ0) is 16.9. The van der Waals surface area contributed by atoms with Crippen molar-refractivity contribution >= 4 is 29.2 Å². The fraction of sp³-hybridized carbons (Fsp3) is 0.235. The SMILES string of the molecule is O=C(CCc1cccs1)NN1CC(=O)N(Cc2ccccc2)C1=O. The van der Waals surface area contributed by atoms with Crippen molar-refractivity contribution in [2.24, 2.45) is 0 Å². The van der Waals surface area contributed by atoms with Crippen molar-refractivity contribution in [2.75, 3.05) is 6.54 Å². The first-order valence-corrected chi connectivity index (χ1v) is 8.49. The third-order valence-electron chi connectivity index (χ3n) is 3.68. The number of hydrogen-bond donors (Lipinski definition) is 1. The number of amides is 4. The highest BCUT2D eigenvalue weighted by molar-refractivity contribution is 7.09. The molecule has 0 bridgehead atoms. The molecule has 1 aromatic heterocycles. The summed E-state index contributed by atoms with van der Waals surface area (Å²) in [7, 11) is 0. The second kappa shape index (κ2) is 7.27. The van der Waals surface area contributed by atoms with Crippen LogP contribution in [0.3, 0.4) is 0 Å². The van der Waals surface area contributed by atoms with Crippen molar-refractivity contribution in [3.8, 4) is 0 Å². The predicted molar refractivity (Wildman–Crippen MR) is 89.9 cm³/mol. The first-order chi connectivity index (χ1) is 11.6. The van der Waals surface area contributed by atoms with Crippen LogP contribution < -0.4 is 5.43 Å². The minimum absolute atomic E-state index is 0.129. The van der Waals surface area contributed by atoms with Gasteiger partial charge in [0.2, 0.25) is 5.91 Å². The number of aryl methyl sites for hydroxylation is 1. The monoisotopic (exact) mass is 343 g/mol. The van der Waals surface area contributed by atoms with Gasteiger partial charge in [-0.2, -0.15) is 0 Å². The number of imide groups is 1. The standard InChI is InChI=1S/C17H17N3O3S/c21-15(9-8-14-7-4-10-24-14)18-20-12-16(22)19(17(20)23)11-13-5-2-1-3-6-13/h1-7,10H,8-9,11-12H2,(H,18,21). The van der Waals surface area contributed by atoms with E-state index in [1.54, 1.807) is 11.3 Å². The Hall–Kier alpha value is -2.67. The molecule has 1 fully saturated rings. The van der Waals surface area contributed by atoms with Crippen LogP contribution in [0.25, 0.3) is 0 Å². The minimum atomic E-state index is -0.492. The van der Waals surface area contributed by atoms with Crippen LogP contribution >= 0.6 is 11.3 Å². The van der Waals surface area contributed by atoms with Gasteiger partial charge in [-0.15, -0.1) is 11.3 Å². The molecule has 3 rings (SSSR count). The van der Waals surface area contributed by atoms with E-state index in [2.05, 4.69) is 5.43 Å². The third kappa shape index (κ3) is 3.80. The van der Waals surface area contributed by atoms with Crippen molar-refractivity contribution < 1.29 is 14.4 Å². The minimum Gasteiger partial charge on any atom is -0.273 e. The summed E-state index contributed by atoms with van der Waals surface area (Å²) in [4.78, 5) is 38.6. The fourth-order valence-corrected chi connectivity index (χ4v) is 3.16. The number of hydrogen-bond acceptors (Lipinski definition) is 4. The van der Waals surface area contributed by atoms with Crippen molar-refractivity contribution in [1.29, 1.82) is 0 Å². The van der Waals surface area contributed by atoms with Crippen molar-refractivity contribution in [3.63, 3.8) is 0 Å². The quantitative estimate of drug-likeness (QED) is 0.817. The summed E-state index contributed by atoms with van der Waals surface area (Å²) in [6.45, 7) is 0.0798. The van der Waals surface area contributed by atoms with Crippen molar-refractivity contribution in [1.82, 2.24) is 15.3 Å². The van der Waals surface area contributed by atoms with Crippen molar-refractivity contribution in [3.05, 3.63) is 58.3 Å². The highest BCUT2D eigenvalue weighted by atomic mass is 32.1. The van der Waals surface area contributed by atoms with Gasteiger partial charge in [0.1, 0.15) is 6.54 Å². The maximum absolute atomic E-state index is 12.3. The lowest BCUT2D eigenvalue weighted by Gasteiger charge is -2.17. The zero-order valence-corrected chi connectivity index (χ0v) is 13.8. The number of urea groups is 1. The van der Waals surface area contributed by atoms with Gasteiger partial charge in [0.25, 0.3) is 5.91 Å². The Balaban J connectivity index is 1.54. The number of rotatable bonds is 6. The number of carbonyl (C=O) groups is 3. The average Bonchev–Trinajstić information content (AvgIpc) is 3.18. The third-order valence-corrected chi connectivity index (χ3v) is 4.61. The highest BCUT2D eigenvalue weighted by Crippen LogP contribution is 2.14. The Kier molecular flexibility index (Phi) is 4.90. The van der Waals surface area contributed by atoms with Crippen LogP contribution in [0.15, 0.2) is 47.8 Å². The molecule has 124 valence electrons. The lowest BCUT2D eigenvalue weighted by molar-refractivity contribution is -0.126. The molecule has 0 aliphatic carbocycles. The van der Waals surface area contributed by atoms with Gasteiger partial charge in [0.15, 0.2) is 0 Å². The van der Waals surface area contributed by atoms with Gasteiger partial charge in [-0.3, -0.25) is 19.9 Å². The summed E-state index contributed by atoms with van der Waals surface area (Å²) in [6, 6.07) is 12.7. The number of nitrogens with zero attached hydrogens (tertiary/aromatic N) is 2. The van der Waals surface area contributed by atoms with Crippen LogP contribution in [0.1, 0.15) is 16.9 Å². The zero-order valence-electron chi connectivity index (χ0n) is 13.0. The maximum Gasteiger partial charge on any atom is 0.346 e. The van der Waals surface area contributed by atoms with E-state index in [1.165, 1.54) is 0 Å². The smallest absolute Gasteiger partial charge is 0.273 e. The van der Waals surface area contributed by atoms with Gasteiger partial charge < -0.3 is 0 Å². The Labute approximate surface area is 143 Å². The molecule has 0 saturated carbocycles. The van der Waals surface area contributed by atoms with Gasteiger partial charge in [-0.25, -0.2) is 9.80 Å². The molecule has 0 unspecified atom stereocenters. The molecular weight excluding hydrogens is 326 g/mol.